The Kier molecular flexibility index (Phi) is 9.38. The van der Waals surface area contributed by atoms with Gasteiger partial charge < -0.3 is 23.9 Å². The van der Waals surface area contributed by atoms with Crippen LogP contribution in [0.1, 0.15) is 33.3 Å². The zero-order chi connectivity index (χ0) is 31.2. The first kappa shape index (κ1) is 30.5. The minimum absolute atomic E-state index is 0.164. The molecule has 44 heavy (non-hydrogen) atoms. The van der Waals surface area contributed by atoms with Crippen LogP contribution >= 0.6 is 23.2 Å². The predicted molar refractivity (Wildman–Crippen MR) is 171 cm³/mol. The molecule has 224 valence electrons. The molecule has 9 nitrogen and oxygen atoms in total. The van der Waals surface area contributed by atoms with Gasteiger partial charge in [0.25, 0.3) is 5.91 Å². The Morgan fingerprint density at radius 2 is 1.68 bits per heavy atom. The van der Waals surface area contributed by atoms with Gasteiger partial charge in [-0.1, -0.05) is 41.4 Å². The summed E-state index contributed by atoms with van der Waals surface area (Å²) in [6.45, 7) is 2.41. The Labute approximate surface area is 263 Å². The number of amides is 1. The molecular formula is C33H27Cl2N3O6. The highest BCUT2D eigenvalue weighted by Gasteiger charge is 2.22. The van der Waals surface area contributed by atoms with E-state index < -0.39 is 11.9 Å². The zero-order valence-electron chi connectivity index (χ0n) is 23.9. The molecule has 2 N–H and O–H groups in total. The van der Waals surface area contributed by atoms with E-state index in [2.05, 4.69) is 15.5 Å². The van der Waals surface area contributed by atoms with Gasteiger partial charge in [-0.3, -0.25) is 4.79 Å². The van der Waals surface area contributed by atoms with Crippen molar-refractivity contribution in [2.24, 2.45) is 5.10 Å². The van der Waals surface area contributed by atoms with Gasteiger partial charge >= 0.3 is 5.97 Å². The van der Waals surface area contributed by atoms with Crippen LogP contribution in [0.2, 0.25) is 10.0 Å². The Hall–Kier alpha value is -4.99. The van der Waals surface area contributed by atoms with Crippen LogP contribution in [0, 0.1) is 0 Å². The van der Waals surface area contributed by atoms with Crippen LogP contribution in [-0.4, -0.2) is 43.9 Å². The van der Waals surface area contributed by atoms with Gasteiger partial charge in [0.05, 0.1) is 27.0 Å². The van der Waals surface area contributed by atoms with Crippen LogP contribution in [0.4, 0.5) is 0 Å². The summed E-state index contributed by atoms with van der Waals surface area (Å²) in [5.41, 5.74) is 5.66. The first-order valence-corrected chi connectivity index (χ1v) is 14.2. The molecule has 0 saturated heterocycles. The van der Waals surface area contributed by atoms with Crippen LogP contribution < -0.4 is 24.4 Å². The molecule has 0 atom stereocenters. The van der Waals surface area contributed by atoms with E-state index in [0.717, 1.165) is 10.9 Å². The lowest BCUT2D eigenvalue weighted by Gasteiger charge is -2.12. The molecule has 1 aromatic heterocycles. The Balaban J connectivity index is 1.38. The normalized spacial score (nSPS) is 11.0. The number of H-pyrrole nitrogens is 1. The van der Waals surface area contributed by atoms with Crippen molar-refractivity contribution in [3.63, 3.8) is 0 Å². The number of aromatic amines is 1. The molecule has 11 heteroatoms. The molecular weight excluding hydrogens is 605 g/mol. The van der Waals surface area contributed by atoms with E-state index in [9.17, 15) is 9.59 Å². The first-order chi connectivity index (χ1) is 21.3. The Morgan fingerprint density at radius 3 is 2.43 bits per heavy atom. The molecule has 4 aromatic carbocycles. The third kappa shape index (κ3) is 6.49. The molecule has 0 aliphatic heterocycles. The number of halogens is 2. The van der Waals surface area contributed by atoms with Gasteiger partial charge in [0.2, 0.25) is 0 Å². The Bertz CT molecular complexity index is 1890. The number of methoxy groups -OCH3 is 2. The fourth-order valence-electron chi connectivity index (χ4n) is 4.61. The summed E-state index contributed by atoms with van der Waals surface area (Å²) in [4.78, 5) is 29.4. The van der Waals surface area contributed by atoms with Crippen molar-refractivity contribution in [2.75, 3.05) is 20.8 Å². The minimum atomic E-state index is -0.669. The van der Waals surface area contributed by atoms with Crippen molar-refractivity contribution in [1.82, 2.24) is 10.4 Å². The summed E-state index contributed by atoms with van der Waals surface area (Å²) >= 11 is 12.6. The van der Waals surface area contributed by atoms with Crippen molar-refractivity contribution in [3.8, 4) is 34.1 Å². The average molecular weight is 633 g/mol. The second kappa shape index (κ2) is 13.5. The van der Waals surface area contributed by atoms with Crippen molar-refractivity contribution in [2.45, 2.75) is 6.92 Å². The van der Waals surface area contributed by atoms with E-state index in [1.165, 1.54) is 26.5 Å². The van der Waals surface area contributed by atoms with E-state index >= 15 is 0 Å². The van der Waals surface area contributed by atoms with Crippen molar-refractivity contribution < 1.29 is 28.5 Å². The molecule has 1 heterocycles. The number of carbonyl (C=O) groups excluding carboxylic acids is 2. The van der Waals surface area contributed by atoms with E-state index in [-0.39, 0.29) is 22.8 Å². The van der Waals surface area contributed by atoms with Gasteiger partial charge in [0, 0.05) is 32.1 Å². The van der Waals surface area contributed by atoms with Gasteiger partial charge in [-0.05, 0) is 73.2 Å². The summed E-state index contributed by atoms with van der Waals surface area (Å²) in [5, 5.41) is 5.78. The van der Waals surface area contributed by atoms with Crippen molar-refractivity contribution in [3.05, 3.63) is 106 Å². The van der Waals surface area contributed by atoms with E-state index in [1.54, 1.807) is 36.4 Å². The molecule has 0 aliphatic carbocycles. The number of aromatic nitrogens is 1. The number of carbonyl (C=O) groups is 2. The highest BCUT2D eigenvalue weighted by Crippen LogP contribution is 2.38. The summed E-state index contributed by atoms with van der Waals surface area (Å²) in [6.07, 6.45) is 1.44. The molecule has 5 aromatic rings. The maximum Gasteiger partial charge on any atom is 0.347 e. The number of nitrogens with zero attached hydrogens (tertiary/aromatic N) is 1. The molecule has 5 rings (SSSR count). The standard InChI is InChI=1S/C33H27Cl2N3O6/c1-4-43-21-11-12-26-23(17-21)30(22-7-5-6-8-25(22)35)31(37-26)32(39)38-36-18-19-9-13-28(29(15-19)42-3)44-33(40)24-16-20(34)10-14-27(24)41-2/h5-18,37H,4H2,1-3H3,(H,38,39). The number of hydrogen-bond acceptors (Lipinski definition) is 7. The molecule has 0 radical (unpaired) electrons. The quantitative estimate of drug-likeness (QED) is 0.0713. The maximum absolute atomic E-state index is 13.4. The van der Waals surface area contributed by atoms with Gasteiger partial charge in [-0.25, -0.2) is 10.2 Å². The van der Waals surface area contributed by atoms with Crippen LogP contribution in [0.25, 0.3) is 22.0 Å². The molecule has 0 fully saturated rings. The molecule has 0 spiro atoms. The number of rotatable bonds is 10. The second-order valence-corrected chi connectivity index (χ2v) is 10.2. The second-order valence-electron chi connectivity index (χ2n) is 9.34. The summed E-state index contributed by atoms with van der Waals surface area (Å²) < 4.78 is 21.9. The highest BCUT2D eigenvalue weighted by atomic mass is 35.5. The summed E-state index contributed by atoms with van der Waals surface area (Å²) in [7, 11) is 2.89. The molecule has 0 aliphatic rings. The average Bonchev–Trinajstić information content (AvgIpc) is 3.40. The van der Waals surface area contributed by atoms with Gasteiger partial charge in [0.1, 0.15) is 22.8 Å². The molecule has 1 amide bonds. The number of hydrogen-bond donors (Lipinski definition) is 2. The molecule has 0 bridgehead atoms. The molecule has 0 unspecified atom stereocenters. The van der Waals surface area contributed by atoms with Crippen LogP contribution in [0.5, 0.6) is 23.0 Å². The first-order valence-electron chi connectivity index (χ1n) is 13.4. The minimum Gasteiger partial charge on any atom is -0.496 e. The van der Waals surface area contributed by atoms with Crippen molar-refractivity contribution in [1.29, 1.82) is 0 Å². The zero-order valence-corrected chi connectivity index (χ0v) is 25.5. The summed E-state index contributed by atoms with van der Waals surface area (Å²) in [5.74, 6) is 0.300. The van der Waals surface area contributed by atoms with E-state index in [0.29, 0.717) is 44.8 Å². The van der Waals surface area contributed by atoms with Crippen LogP contribution in [0.15, 0.2) is 84.0 Å². The highest BCUT2D eigenvalue weighted by molar-refractivity contribution is 6.34. The van der Waals surface area contributed by atoms with Crippen LogP contribution in [0.3, 0.4) is 0 Å². The number of hydrazone groups is 1. The lowest BCUT2D eigenvalue weighted by Crippen LogP contribution is -2.19. The predicted octanol–water partition coefficient (Wildman–Crippen LogP) is 7.54. The third-order valence-electron chi connectivity index (χ3n) is 6.60. The number of esters is 1. The number of ether oxygens (including phenoxy) is 4. The third-order valence-corrected chi connectivity index (χ3v) is 7.17. The smallest absolute Gasteiger partial charge is 0.347 e. The summed E-state index contributed by atoms with van der Waals surface area (Å²) in [6, 6.07) is 22.3. The number of fused-ring (bicyclic) bond motifs is 1. The monoisotopic (exact) mass is 631 g/mol. The van der Waals surface area contributed by atoms with E-state index in [1.807, 2.05) is 43.3 Å². The Morgan fingerprint density at radius 1 is 0.909 bits per heavy atom. The fourth-order valence-corrected chi connectivity index (χ4v) is 5.01. The largest absolute Gasteiger partial charge is 0.496 e. The van der Waals surface area contributed by atoms with Crippen molar-refractivity contribution >= 4 is 52.2 Å². The fraction of sp³-hybridized carbons (Fsp3) is 0.121. The van der Waals surface area contributed by atoms with Gasteiger partial charge in [-0.2, -0.15) is 5.10 Å². The van der Waals surface area contributed by atoms with Crippen LogP contribution in [-0.2, 0) is 0 Å². The molecule has 0 saturated carbocycles. The lowest BCUT2D eigenvalue weighted by atomic mass is 10.0. The van der Waals surface area contributed by atoms with Gasteiger partial charge in [-0.15, -0.1) is 0 Å². The lowest BCUT2D eigenvalue weighted by molar-refractivity contribution is 0.0726. The topological polar surface area (TPSA) is 111 Å². The number of nitrogens with one attached hydrogen (secondary N) is 2. The number of benzene rings is 4. The maximum atomic E-state index is 13.4. The SMILES string of the molecule is CCOc1ccc2[nH]c(C(=O)NN=Cc3ccc(OC(=O)c4cc(Cl)ccc4OC)c(OC)c3)c(-c3ccccc3Cl)c2c1. The van der Waals surface area contributed by atoms with E-state index in [4.69, 9.17) is 42.1 Å². The van der Waals surface area contributed by atoms with Gasteiger partial charge in [0.15, 0.2) is 11.5 Å².